The van der Waals surface area contributed by atoms with Gasteiger partial charge in [-0.15, -0.1) is 11.8 Å². The molecule has 0 aliphatic carbocycles. The summed E-state index contributed by atoms with van der Waals surface area (Å²) in [4.78, 5) is 10.8. The summed E-state index contributed by atoms with van der Waals surface area (Å²) < 4.78 is 12.9. The van der Waals surface area contributed by atoms with Crippen molar-refractivity contribution in [2.24, 2.45) is 0 Å². The molecule has 1 saturated heterocycles. The Kier molecular flexibility index (Phi) is 3.16. The zero-order valence-electron chi connectivity index (χ0n) is 8.74. The third kappa shape index (κ3) is 2.20. The van der Waals surface area contributed by atoms with E-state index in [1.165, 1.54) is 23.9 Å². The van der Waals surface area contributed by atoms with Gasteiger partial charge in [-0.1, -0.05) is 6.07 Å². The Bertz CT molecular complexity index is 424. The summed E-state index contributed by atoms with van der Waals surface area (Å²) in [6, 6.07) is 4.06. The zero-order chi connectivity index (χ0) is 11.7. The van der Waals surface area contributed by atoms with Crippen LogP contribution in [-0.4, -0.2) is 22.9 Å². The lowest BCUT2D eigenvalue weighted by Gasteiger charge is -2.13. The van der Waals surface area contributed by atoms with Gasteiger partial charge in [0.05, 0.1) is 5.37 Å². The van der Waals surface area contributed by atoms with E-state index in [9.17, 15) is 9.18 Å². The molecule has 1 aliphatic rings. The van der Waals surface area contributed by atoms with Gasteiger partial charge in [0.2, 0.25) is 0 Å². The van der Waals surface area contributed by atoms with Crippen LogP contribution in [0.1, 0.15) is 16.5 Å². The van der Waals surface area contributed by atoms with Crippen LogP contribution in [0.4, 0.5) is 4.39 Å². The smallest absolute Gasteiger partial charge is 0.321 e. The molecule has 1 heterocycles. The monoisotopic (exact) mass is 241 g/mol. The normalized spacial score (nSPS) is 24.6. The fraction of sp³-hybridized carbons (Fsp3) is 0.364. The number of aliphatic carboxylic acids is 1. The van der Waals surface area contributed by atoms with Crippen molar-refractivity contribution in [1.82, 2.24) is 5.32 Å². The quantitative estimate of drug-likeness (QED) is 0.830. The molecule has 5 heteroatoms. The second-order valence-corrected chi connectivity index (χ2v) is 4.91. The first-order chi connectivity index (χ1) is 7.58. The lowest BCUT2D eigenvalue weighted by molar-refractivity contribution is -0.138. The molecular formula is C11H12FNO2S. The van der Waals surface area contributed by atoms with E-state index < -0.39 is 12.0 Å². The van der Waals surface area contributed by atoms with Gasteiger partial charge < -0.3 is 5.11 Å². The molecule has 2 rings (SSSR count). The van der Waals surface area contributed by atoms with Crippen molar-refractivity contribution in [3.63, 3.8) is 0 Å². The fourth-order valence-electron chi connectivity index (χ4n) is 1.73. The van der Waals surface area contributed by atoms with Crippen molar-refractivity contribution in [3.8, 4) is 0 Å². The zero-order valence-corrected chi connectivity index (χ0v) is 9.55. The molecule has 0 radical (unpaired) electrons. The third-order valence-corrected chi connectivity index (χ3v) is 3.84. The van der Waals surface area contributed by atoms with E-state index in [0.29, 0.717) is 5.75 Å². The maximum Gasteiger partial charge on any atom is 0.321 e. The van der Waals surface area contributed by atoms with Crippen molar-refractivity contribution in [2.75, 3.05) is 5.75 Å². The highest BCUT2D eigenvalue weighted by molar-refractivity contribution is 7.99. The van der Waals surface area contributed by atoms with E-state index in [4.69, 9.17) is 5.11 Å². The second kappa shape index (κ2) is 4.43. The van der Waals surface area contributed by atoms with Gasteiger partial charge >= 0.3 is 5.97 Å². The number of rotatable bonds is 2. The Morgan fingerprint density at radius 3 is 2.94 bits per heavy atom. The molecule has 2 N–H and O–H groups in total. The van der Waals surface area contributed by atoms with Crippen LogP contribution >= 0.6 is 11.8 Å². The Hall–Kier alpha value is -1.07. The topological polar surface area (TPSA) is 49.3 Å². The molecule has 0 amide bonds. The third-order valence-electron chi connectivity index (χ3n) is 2.59. The first kappa shape index (κ1) is 11.4. The minimum atomic E-state index is -0.838. The number of hydrogen-bond donors (Lipinski definition) is 2. The van der Waals surface area contributed by atoms with Gasteiger partial charge in [-0.25, -0.2) is 4.39 Å². The Labute approximate surface area is 97.0 Å². The van der Waals surface area contributed by atoms with E-state index in [1.807, 2.05) is 6.92 Å². The van der Waals surface area contributed by atoms with Crippen molar-refractivity contribution >= 4 is 17.7 Å². The van der Waals surface area contributed by atoms with Crippen LogP contribution in [0.2, 0.25) is 0 Å². The van der Waals surface area contributed by atoms with Crippen molar-refractivity contribution < 1.29 is 14.3 Å². The van der Waals surface area contributed by atoms with Crippen LogP contribution in [-0.2, 0) is 4.79 Å². The number of aryl methyl sites for hydroxylation is 1. The van der Waals surface area contributed by atoms with Gasteiger partial charge in [-0.3, -0.25) is 10.1 Å². The molecule has 0 saturated carbocycles. The molecule has 1 fully saturated rings. The van der Waals surface area contributed by atoms with E-state index >= 15 is 0 Å². The van der Waals surface area contributed by atoms with Gasteiger partial charge in [0, 0.05) is 5.75 Å². The first-order valence-corrected chi connectivity index (χ1v) is 5.99. The second-order valence-electron chi connectivity index (χ2n) is 3.77. The van der Waals surface area contributed by atoms with Crippen LogP contribution in [0.15, 0.2) is 18.2 Å². The van der Waals surface area contributed by atoms with Crippen molar-refractivity contribution in [2.45, 2.75) is 18.3 Å². The van der Waals surface area contributed by atoms with Gasteiger partial charge in [0.25, 0.3) is 0 Å². The number of carbonyl (C=O) groups is 1. The van der Waals surface area contributed by atoms with Crippen LogP contribution in [0.5, 0.6) is 0 Å². The fourth-order valence-corrected chi connectivity index (χ4v) is 3.06. The lowest BCUT2D eigenvalue weighted by atomic mass is 10.1. The molecular weight excluding hydrogens is 229 g/mol. The number of carboxylic acids is 1. The average Bonchev–Trinajstić information content (AvgIpc) is 2.66. The molecule has 1 unspecified atom stereocenters. The maximum absolute atomic E-state index is 12.9. The van der Waals surface area contributed by atoms with Gasteiger partial charge in [-0.05, 0) is 30.2 Å². The standard InChI is InChI=1S/C11H12FNO2S/c1-6-4-7(12)2-3-8(6)10-13-9(5-16-10)11(14)15/h2-4,9-10,13H,5H2,1H3,(H,14,15)/t9-,10?/m0/s1. The predicted molar refractivity (Wildman–Crippen MR) is 60.9 cm³/mol. The number of carboxylic acid groups (broad SMARTS) is 1. The van der Waals surface area contributed by atoms with Gasteiger partial charge in [0.15, 0.2) is 0 Å². The molecule has 1 aliphatic heterocycles. The van der Waals surface area contributed by atoms with Crippen LogP contribution in [0, 0.1) is 12.7 Å². The maximum atomic E-state index is 12.9. The Morgan fingerprint density at radius 1 is 1.62 bits per heavy atom. The summed E-state index contributed by atoms with van der Waals surface area (Å²) in [5.41, 5.74) is 1.80. The number of thioether (sulfide) groups is 1. The van der Waals surface area contributed by atoms with E-state index in [0.717, 1.165) is 11.1 Å². The van der Waals surface area contributed by atoms with E-state index in [-0.39, 0.29) is 11.2 Å². The van der Waals surface area contributed by atoms with E-state index in [1.54, 1.807) is 6.07 Å². The summed E-state index contributed by atoms with van der Waals surface area (Å²) in [6.45, 7) is 1.83. The molecule has 86 valence electrons. The molecule has 0 spiro atoms. The number of benzene rings is 1. The summed E-state index contributed by atoms with van der Waals surface area (Å²) in [7, 11) is 0. The molecule has 3 nitrogen and oxygen atoms in total. The first-order valence-electron chi connectivity index (χ1n) is 4.94. The highest BCUT2D eigenvalue weighted by Gasteiger charge is 2.30. The van der Waals surface area contributed by atoms with Crippen molar-refractivity contribution in [1.29, 1.82) is 0 Å². The molecule has 0 aromatic heterocycles. The lowest BCUT2D eigenvalue weighted by Crippen LogP contribution is -2.33. The van der Waals surface area contributed by atoms with Gasteiger partial charge in [0.1, 0.15) is 11.9 Å². The number of hydrogen-bond acceptors (Lipinski definition) is 3. The van der Waals surface area contributed by atoms with Crippen molar-refractivity contribution in [3.05, 3.63) is 35.1 Å². The summed E-state index contributed by atoms with van der Waals surface area (Å²) in [5, 5.41) is 11.8. The Balaban J connectivity index is 2.17. The van der Waals surface area contributed by atoms with Crippen LogP contribution in [0.3, 0.4) is 0 Å². The minimum Gasteiger partial charge on any atom is -0.480 e. The number of halogens is 1. The largest absolute Gasteiger partial charge is 0.480 e. The molecule has 1 aromatic rings. The summed E-state index contributed by atoms with van der Waals surface area (Å²) >= 11 is 1.54. The predicted octanol–water partition coefficient (Wildman–Crippen LogP) is 1.92. The Morgan fingerprint density at radius 2 is 2.38 bits per heavy atom. The van der Waals surface area contributed by atoms with Crippen LogP contribution < -0.4 is 5.32 Å². The molecule has 16 heavy (non-hydrogen) atoms. The number of nitrogens with one attached hydrogen (secondary N) is 1. The van der Waals surface area contributed by atoms with E-state index in [2.05, 4.69) is 5.32 Å². The highest BCUT2D eigenvalue weighted by atomic mass is 32.2. The summed E-state index contributed by atoms with van der Waals surface area (Å²) in [6.07, 6.45) is 0. The molecule has 2 atom stereocenters. The molecule has 1 aromatic carbocycles. The van der Waals surface area contributed by atoms with Crippen LogP contribution in [0.25, 0.3) is 0 Å². The minimum absolute atomic E-state index is 0.0540. The SMILES string of the molecule is Cc1cc(F)ccc1C1N[C@H](C(=O)O)CS1. The average molecular weight is 241 g/mol. The van der Waals surface area contributed by atoms with Gasteiger partial charge in [-0.2, -0.15) is 0 Å². The summed E-state index contributed by atoms with van der Waals surface area (Å²) in [5.74, 6) is -0.564. The highest BCUT2D eigenvalue weighted by Crippen LogP contribution is 2.34. The molecule has 0 bridgehead atoms.